The summed E-state index contributed by atoms with van der Waals surface area (Å²) in [4.78, 5) is 12.0. The van der Waals surface area contributed by atoms with Crippen molar-refractivity contribution in [2.24, 2.45) is 0 Å². The molecule has 0 amide bonds. The first-order valence-electron chi connectivity index (χ1n) is 7.97. The van der Waals surface area contributed by atoms with E-state index < -0.39 is 0 Å². The van der Waals surface area contributed by atoms with E-state index in [0.717, 1.165) is 5.75 Å². The molecular weight excluding hydrogens is 335 g/mol. The second-order valence-electron chi connectivity index (χ2n) is 5.47. The fourth-order valence-corrected chi connectivity index (χ4v) is 2.26. The fraction of sp³-hybridized carbons (Fsp3) is 0.0952. The molecule has 0 spiro atoms. The highest BCUT2D eigenvalue weighted by Gasteiger charge is 2.04. The number of halogens is 1. The molecule has 0 unspecified atom stereocenters. The molecule has 0 N–H and O–H groups in total. The van der Waals surface area contributed by atoms with Crippen LogP contribution in [-0.4, -0.2) is 12.9 Å². The average molecular weight is 352 g/mol. The van der Waals surface area contributed by atoms with Gasteiger partial charge in [0.2, 0.25) is 0 Å². The number of ether oxygens (including phenoxy) is 2. The van der Waals surface area contributed by atoms with Crippen LogP contribution >= 0.6 is 0 Å². The Morgan fingerprint density at radius 1 is 1.00 bits per heavy atom. The van der Waals surface area contributed by atoms with Crippen LogP contribution in [0.4, 0.5) is 4.39 Å². The lowest BCUT2D eigenvalue weighted by molar-refractivity contribution is 0.104. The Morgan fingerprint density at radius 2 is 1.69 bits per heavy atom. The second-order valence-corrected chi connectivity index (χ2v) is 5.47. The zero-order valence-electron chi connectivity index (χ0n) is 14.1. The van der Waals surface area contributed by atoms with E-state index in [0.29, 0.717) is 22.8 Å². The highest BCUT2D eigenvalue weighted by atomic mass is 19.1. The molecule has 132 valence electrons. The van der Waals surface area contributed by atoms with Crippen molar-refractivity contribution >= 4 is 11.9 Å². The van der Waals surface area contributed by atoms with Gasteiger partial charge in [-0.25, -0.2) is 4.39 Å². The summed E-state index contributed by atoms with van der Waals surface area (Å²) in [6.45, 7) is 0.270. The largest absolute Gasteiger partial charge is 0.497 e. The van der Waals surface area contributed by atoms with Gasteiger partial charge in [-0.3, -0.25) is 4.79 Å². The predicted molar refractivity (Wildman–Crippen MR) is 95.8 cm³/mol. The van der Waals surface area contributed by atoms with Crippen molar-refractivity contribution in [3.8, 4) is 11.5 Å². The molecule has 0 bridgehead atoms. The third kappa shape index (κ3) is 4.60. The van der Waals surface area contributed by atoms with E-state index in [1.807, 2.05) is 24.3 Å². The number of benzene rings is 2. The molecule has 3 aromatic rings. The van der Waals surface area contributed by atoms with Crippen LogP contribution in [0.1, 0.15) is 21.9 Å². The Morgan fingerprint density at radius 3 is 2.38 bits per heavy atom. The Kier molecular flexibility index (Phi) is 5.49. The number of methoxy groups -OCH3 is 1. The first kappa shape index (κ1) is 17.5. The van der Waals surface area contributed by atoms with Gasteiger partial charge in [0, 0.05) is 5.56 Å². The summed E-state index contributed by atoms with van der Waals surface area (Å²) in [5.41, 5.74) is 0.414. The lowest BCUT2D eigenvalue weighted by Crippen LogP contribution is -1.94. The minimum atomic E-state index is -0.377. The van der Waals surface area contributed by atoms with Crippen LogP contribution in [0.25, 0.3) is 6.08 Å². The highest BCUT2D eigenvalue weighted by Crippen LogP contribution is 2.19. The number of hydrogen-bond acceptors (Lipinski definition) is 4. The molecule has 1 heterocycles. The summed E-state index contributed by atoms with van der Waals surface area (Å²) in [6, 6.07) is 16.2. The molecule has 26 heavy (non-hydrogen) atoms. The number of rotatable bonds is 7. The van der Waals surface area contributed by atoms with Gasteiger partial charge in [-0.1, -0.05) is 0 Å². The van der Waals surface area contributed by atoms with Crippen molar-refractivity contribution in [3.63, 3.8) is 0 Å². The van der Waals surface area contributed by atoms with Crippen molar-refractivity contribution < 1.29 is 23.1 Å². The summed E-state index contributed by atoms with van der Waals surface area (Å²) < 4.78 is 29.2. The molecule has 3 rings (SSSR count). The van der Waals surface area contributed by atoms with Crippen molar-refractivity contribution in [1.82, 2.24) is 0 Å². The molecule has 0 aliphatic heterocycles. The number of hydrogen-bond donors (Lipinski definition) is 0. The Bertz CT molecular complexity index is 893. The first-order valence-corrected chi connectivity index (χ1v) is 7.97. The van der Waals surface area contributed by atoms with Crippen LogP contribution < -0.4 is 9.47 Å². The van der Waals surface area contributed by atoms with Gasteiger partial charge in [-0.2, -0.15) is 0 Å². The van der Waals surface area contributed by atoms with E-state index in [1.54, 1.807) is 25.3 Å². The minimum Gasteiger partial charge on any atom is -0.497 e. The van der Waals surface area contributed by atoms with E-state index >= 15 is 0 Å². The second kappa shape index (κ2) is 8.16. The number of carbonyl (C=O) groups excluding carboxylic acids is 1. The van der Waals surface area contributed by atoms with Crippen LogP contribution in [0.15, 0.2) is 71.2 Å². The van der Waals surface area contributed by atoms with Crippen LogP contribution in [0.3, 0.4) is 0 Å². The van der Waals surface area contributed by atoms with Gasteiger partial charge in [0.05, 0.1) is 7.11 Å². The van der Waals surface area contributed by atoms with Gasteiger partial charge in [0.25, 0.3) is 0 Å². The van der Waals surface area contributed by atoms with E-state index in [1.165, 1.54) is 30.3 Å². The molecule has 0 radical (unpaired) electrons. The van der Waals surface area contributed by atoms with Crippen LogP contribution in [0.5, 0.6) is 11.5 Å². The minimum absolute atomic E-state index is 0.225. The number of allylic oxidation sites excluding steroid dienone is 1. The van der Waals surface area contributed by atoms with Crippen molar-refractivity contribution in [3.05, 3.63) is 89.6 Å². The van der Waals surface area contributed by atoms with Crippen molar-refractivity contribution in [1.29, 1.82) is 0 Å². The summed E-state index contributed by atoms with van der Waals surface area (Å²) in [6.07, 6.45) is 2.96. The molecule has 0 aliphatic carbocycles. The molecule has 1 aromatic heterocycles. The van der Waals surface area contributed by atoms with Crippen molar-refractivity contribution in [2.75, 3.05) is 7.11 Å². The van der Waals surface area contributed by atoms with Crippen LogP contribution in [-0.2, 0) is 6.61 Å². The lowest BCUT2D eigenvalue weighted by Gasteiger charge is -2.05. The summed E-state index contributed by atoms with van der Waals surface area (Å²) >= 11 is 0. The third-order valence-corrected chi connectivity index (χ3v) is 3.65. The fourth-order valence-electron chi connectivity index (χ4n) is 2.26. The molecule has 2 aromatic carbocycles. The Balaban J connectivity index is 1.56. The van der Waals surface area contributed by atoms with E-state index in [9.17, 15) is 9.18 Å². The van der Waals surface area contributed by atoms with E-state index in [4.69, 9.17) is 13.9 Å². The van der Waals surface area contributed by atoms with E-state index in [2.05, 4.69) is 0 Å². The van der Waals surface area contributed by atoms with Gasteiger partial charge in [-0.15, -0.1) is 0 Å². The van der Waals surface area contributed by atoms with E-state index in [-0.39, 0.29) is 18.2 Å². The zero-order valence-corrected chi connectivity index (χ0v) is 14.1. The summed E-state index contributed by atoms with van der Waals surface area (Å²) in [7, 11) is 1.61. The molecular formula is C21H17FO4. The summed E-state index contributed by atoms with van der Waals surface area (Å²) in [5.74, 6) is 2.03. The molecule has 0 atom stereocenters. The van der Waals surface area contributed by atoms with Crippen LogP contribution in [0.2, 0.25) is 0 Å². The Labute approximate surface area is 150 Å². The standard InChI is InChI=1S/C21H17FO4/c1-24-17-6-8-18(9-7-17)25-14-20-11-10-19(26-20)12-13-21(23)15-2-4-16(22)5-3-15/h2-13H,14H2,1H3/b13-12+. The van der Waals surface area contributed by atoms with Gasteiger partial charge in [0.1, 0.15) is 35.4 Å². The van der Waals surface area contributed by atoms with Crippen LogP contribution in [0, 0.1) is 5.82 Å². The SMILES string of the molecule is COc1ccc(OCc2ccc(/C=C/C(=O)c3ccc(F)cc3)o2)cc1. The first-order chi connectivity index (χ1) is 12.6. The average Bonchev–Trinajstić information content (AvgIpc) is 3.13. The zero-order chi connectivity index (χ0) is 18.4. The van der Waals surface area contributed by atoms with Gasteiger partial charge < -0.3 is 13.9 Å². The third-order valence-electron chi connectivity index (χ3n) is 3.65. The maximum atomic E-state index is 12.9. The molecule has 0 aliphatic rings. The smallest absolute Gasteiger partial charge is 0.185 e. The summed E-state index contributed by atoms with van der Waals surface area (Å²) in [5, 5.41) is 0. The quantitative estimate of drug-likeness (QED) is 0.448. The monoisotopic (exact) mass is 352 g/mol. The Hall–Kier alpha value is -3.34. The maximum absolute atomic E-state index is 12.9. The van der Waals surface area contributed by atoms with Gasteiger partial charge >= 0.3 is 0 Å². The van der Waals surface area contributed by atoms with Crippen molar-refractivity contribution in [2.45, 2.75) is 6.61 Å². The number of furan rings is 1. The number of ketones is 1. The normalized spacial score (nSPS) is 10.8. The lowest BCUT2D eigenvalue weighted by atomic mass is 10.1. The topological polar surface area (TPSA) is 48.7 Å². The molecule has 4 nitrogen and oxygen atoms in total. The molecule has 0 fully saturated rings. The highest BCUT2D eigenvalue weighted by molar-refractivity contribution is 6.06. The molecule has 5 heteroatoms. The molecule has 0 saturated carbocycles. The molecule has 0 saturated heterocycles. The number of carbonyl (C=O) groups is 1. The maximum Gasteiger partial charge on any atom is 0.185 e. The predicted octanol–water partition coefficient (Wildman–Crippen LogP) is 4.90. The van der Waals surface area contributed by atoms with Gasteiger partial charge in [-0.05, 0) is 72.8 Å². The van der Waals surface area contributed by atoms with Gasteiger partial charge in [0.15, 0.2) is 5.78 Å².